The van der Waals surface area contributed by atoms with Crippen LogP contribution in [0.1, 0.15) is 35.8 Å². The Morgan fingerprint density at radius 1 is 1.42 bits per heavy atom. The van der Waals surface area contributed by atoms with Gasteiger partial charge in [-0.1, -0.05) is 25.5 Å². The van der Waals surface area contributed by atoms with Gasteiger partial charge < -0.3 is 14.4 Å². The number of carbonyl (C=O) groups is 1. The molecule has 0 bridgehead atoms. The van der Waals surface area contributed by atoms with Crippen LogP contribution in [-0.4, -0.2) is 22.8 Å². The topological polar surface area (TPSA) is 51.5 Å². The normalized spacial score (nSPS) is 10.9. The monoisotopic (exact) mass is 261 g/mol. The Kier molecular flexibility index (Phi) is 3.79. The van der Waals surface area contributed by atoms with Crippen LogP contribution < -0.4 is 4.74 Å². The first-order chi connectivity index (χ1) is 9.11. The van der Waals surface area contributed by atoms with Crippen LogP contribution >= 0.6 is 0 Å². The predicted octanol–water partition coefficient (Wildman–Crippen LogP) is 3.46. The molecule has 0 aliphatic carbocycles. The summed E-state index contributed by atoms with van der Waals surface area (Å²) in [6.07, 6.45) is 1.97. The Morgan fingerprint density at radius 2 is 2.16 bits per heavy atom. The van der Waals surface area contributed by atoms with Crippen molar-refractivity contribution in [1.82, 2.24) is 4.57 Å². The van der Waals surface area contributed by atoms with Gasteiger partial charge in [0.05, 0.1) is 12.6 Å². The van der Waals surface area contributed by atoms with E-state index in [9.17, 15) is 9.90 Å². The lowest BCUT2D eigenvalue weighted by Crippen LogP contribution is -2.10. The summed E-state index contributed by atoms with van der Waals surface area (Å²) in [5.41, 5.74) is 2.05. The van der Waals surface area contributed by atoms with Crippen LogP contribution in [0.4, 0.5) is 0 Å². The number of hydrogen-bond acceptors (Lipinski definition) is 2. The van der Waals surface area contributed by atoms with E-state index in [0.717, 1.165) is 35.1 Å². The molecule has 2 rings (SSSR count). The van der Waals surface area contributed by atoms with Crippen molar-refractivity contribution < 1.29 is 14.6 Å². The van der Waals surface area contributed by atoms with Gasteiger partial charge in [0, 0.05) is 11.9 Å². The van der Waals surface area contributed by atoms with Gasteiger partial charge in [-0.25, -0.2) is 4.79 Å². The maximum Gasteiger partial charge on any atom is 0.352 e. The molecule has 0 saturated heterocycles. The van der Waals surface area contributed by atoms with Crippen molar-refractivity contribution in [1.29, 1.82) is 0 Å². The molecule has 0 unspecified atom stereocenters. The predicted molar refractivity (Wildman–Crippen MR) is 75.1 cm³/mol. The van der Waals surface area contributed by atoms with Crippen molar-refractivity contribution >= 4 is 16.9 Å². The van der Waals surface area contributed by atoms with E-state index in [2.05, 4.69) is 6.92 Å². The smallest absolute Gasteiger partial charge is 0.352 e. The summed E-state index contributed by atoms with van der Waals surface area (Å²) >= 11 is 0. The van der Waals surface area contributed by atoms with E-state index in [4.69, 9.17) is 4.74 Å². The molecule has 1 heterocycles. The number of aromatic carboxylic acids is 1. The van der Waals surface area contributed by atoms with Crippen LogP contribution in [0.2, 0.25) is 0 Å². The fraction of sp³-hybridized carbons (Fsp3) is 0.400. The average molecular weight is 261 g/mol. The van der Waals surface area contributed by atoms with E-state index in [1.54, 1.807) is 7.11 Å². The third kappa shape index (κ3) is 2.18. The van der Waals surface area contributed by atoms with Crippen molar-refractivity contribution in [2.75, 3.05) is 7.11 Å². The Labute approximate surface area is 112 Å². The summed E-state index contributed by atoms with van der Waals surface area (Å²) < 4.78 is 7.25. The number of rotatable bonds is 5. The highest BCUT2D eigenvalue weighted by Crippen LogP contribution is 2.32. The second-order valence-electron chi connectivity index (χ2n) is 4.64. The zero-order valence-electron chi connectivity index (χ0n) is 11.6. The molecule has 0 radical (unpaired) electrons. The molecular formula is C15H19NO3. The molecule has 0 spiro atoms. The van der Waals surface area contributed by atoms with Gasteiger partial charge >= 0.3 is 5.97 Å². The summed E-state index contributed by atoms with van der Waals surface area (Å²) in [7, 11) is 1.61. The van der Waals surface area contributed by atoms with Crippen LogP contribution in [0, 0.1) is 6.92 Å². The van der Waals surface area contributed by atoms with Crippen LogP contribution in [0.3, 0.4) is 0 Å². The molecule has 0 atom stereocenters. The summed E-state index contributed by atoms with van der Waals surface area (Å²) in [6, 6.07) is 5.71. The SMILES string of the molecule is CCCCn1c(C(=O)O)c(C)c2cccc(OC)c21. The van der Waals surface area contributed by atoms with Crippen molar-refractivity contribution in [2.24, 2.45) is 0 Å². The quantitative estimate of drug-likeness (QED) is 0.896. The summed E-state index contributed by atoms with van der Waals surface area (Å²) in [5, 5.41) is 10.4. The molecule has 0 aliphatic rings. The maximum atomic E-state index is 11.5. The molecule has 1 aromatic heterocycles. The number of aryl methyl sites for hydroxylation is 2. The molecule has 102 valence electrons. The van der Waals surface area contributed by atoms with Crippen molar-refractivity contribution in [3.8, 4) is 5.75 Å². The number of ether oxygens (including phenoxy) is 1. The number of benzene rings is 1. The van der Waals surface area contributed by atoms with Gasteiger partial charge in [0.15, 0.2) is 0 Å². The van der Waals surface area contributed by atoms with E-state index in [-0.39, 0.29) is 0 Å². The lowest BCUT2D eigenvalue weighted by Gasteiger charge is -2.10. The van der Waals surface area contributed by atoms with Crippen LogP contribution in [0.5, 0.6) is 5.75 Å². The minimum Gasteiger partial charge on any atom is -0.495 e. The van der Waals surface area contributed by atoms with Gasteiger partial charge in [0.1, 0.15) is 11.4 Å². The molecular weight excluding hydrogens is 242 g/mol. The Morgan fingerprint density at radius 3 is 2.74 bits per heavy atom. The highest BCUT2D eigenvalue weighted by molar-refractivity contribution is 6.00. The fourth-order valence-corrected chi connectivity index (χ4v) is 2.53. The summed E-state index contributed by atoms with van der Waals surface area (Å²) in [4.78, 5) is 11.5. The van der Waals surface area contributed by atoms with E-state index < -0.39 is 5.97 Å². The lowest BCUT2D eigenvalue weighted by molar-refractivity contribution is 0.0684. The first-order valence-electron chi connectivity index (χ1n) is 6.50. The van der Waals surface area contributed by atoms with Gasteiger partial charge in [0.2, 0.25) is 0 Å². The van der Waals surface area contributed by atoms with Gasteiger partial charge in [-0.15, -0.1) is 0 Å². The first-order valence-corrected chi connectivity index (χ1v) is 6.50. The van der Waals surface area contributed by atoms with Crippen molar-refractivity contribution in [3.05, 3.63) is 29.5 Å². The van der Waals surface area contributed by atoms with Gasteiger partial charge in [-0.05, 0) is 25.0 Å². The highest BCUT2D eigenvalue weighted by Gasteiger charge is 2.21. The lowest BCUT2D eigenvalue weighted by atomic mass is 10.1. The Balaban J connectivity index is 2.77. The van der Waals surface area contributed by atoms with Crippen molar-refractivity contribution in [3.63, 3.8) is 0 Å². The Hall–Kier alpha value is -1.97. The number of aromatic nitrogens is 1. The highest BCUT2D eigenvalue weighted by atomic mass is 16.5. The second-order valence-corrected chi connectivity index (χ2v) is 4.64. The van der Waals surface area contributed by atoms with Crippen LogP contribution in [-0.2, 0) is 6.54 Å². The molecule has 4 nitrogen and oxygen atoms in total. The molecule has 0 saturated carbocycles. The minimum absolute atomic E-state index is 0.368. The summed E-state index contributed by atoms with van der Waals surface area (Å²) in [5.74, 6) is -0.156. The molecule has 1 aromatic carbocycles. The number of nitrogens with zero attached hydrogens (tertiary/aromatic N) is 1. The van der Waals surface area contributed by atoms with Crippen molar-refractivity contribution in [2.45, 2.75) is 33.2 Å². The van der Waals surface area contributed by atoms with Gasteiger partial charge in [-0.2, -0.15) is 0 Å². The molecule has 0 amide bonds. The fourth-order valence-electron chi connectivity index (χ4n) is 2.53. The Bertz CT molecular complexity index is 613. The molecule has 0 fully saturated rings. The zero-order chi connectivity index (χ0) is 14.0. The molecule has 0 aliphatic heterocycles. The largest absolute Gasteiger partial charge is 0.495 e. The molecule has 4 heteroatoms. The third-order valence-corrected chi connectivity index (χ3v) is 3.46. The van der Waals surface area contributed by atoms with Crippen LogP contribution in [0.25, 0.3) is 10.9 Å². The third-order valence-electron chi connectivity index (χ3n) is 3.46. The molecule has 2 aromatic rings. The van der Waals surface area contributed by atoms with E-state index in [1.165, 1.54) is 0 Å². The first kappa shape index (κ1) is 13.5. The number of para-hydroxylation sites is 1. The molecule has 1 N–H and O–H groups in total. The van der Waals surface area contributed by atoms with E-state index >= 15 is 0 Å². The standard InChI is InChI=1S/C15H19NO3/c1-4-5-9-16-13(15(17)18)10(2)11-7-6-8-12(19-3)14(11)16/h6-8H,4-5,9H2,1-3H3,(H,17,18). The number of carboxylic acids is 1. The number of methoxy groups -OCH3 is 1. The number of carboxylic acid groups (broad SMARTS) is 1. The van der Waals surface area contributed by atoms with Gasteiger partial charge in [0.25, 0.3) is 0 Å². The summed E-state index contributed by atoms with van der Waals surface area (Å²) in [6.45, 7) is 4.65. The van der Waals surface area contributed by atoms with Gasteiger partial charge in [-0.3, -0.25) is 0 Å². The maximum absolute atomic E-state index is 11.5. The van der Waals surface area contributed by atoms with E-state index in [0.29, 0.717) is 12.2 Å². The second kappa shape index (κ2) is 5.34. The number of fused-ring (bicyclic) bond motifs is 1. The van der Waals surface area contributed by atoms with Crippen LogP contribution in [0.15, 0.2) is 18.2 Å². The average Bonchev–Trinajstić information content (AvgIpc) is 2.69. The molecule has 19 heavy (non-hydrogen) atoms. The number of unbranched alkanes of at least 4 members (excludes halogenated alkanes) is 1. The zero-order valence-corrected chi connectivity index (χ0v) is 11.6. The van der Waals surface area contributed by atoms with E-state index in [1.807, 2.05) is 29.7 Å². The number of hydrogen-bond donors (Lipinski definition) is 1. The minimum atomic E-state index is -0.883.